The van der Waals surface area contributed by atoms with Crippen molar-refractivity contribution in [2.24, 2.45) is 0 Å². The number of halogens is 1. The molecule has 1 aliphatic heterocycles. The fourth-order valence-corrected chi connectivity index (χ4v) is 3.24. The number of rotatable bonds is 4. The van der Waals surface area contributed by atoms with Gasteiger partial charge in [-0.2, -0.15) is 0 Å². The van der Waals surface area contributed by atoms with Gasteiger partial charge in [0, 0.05) is 29.3 Å². The minimum Gasteiger partial charge on any atom is -0.486 e. The molecule has 2 aromatic carbocycles. The zero-order valence-electron chi connectivity index (χ0n) is 16.3. The summed E-state index contributed by atoms with van der Waals surface area (Å²) in [6.45, 7) is 2.15. The van der Waals surface area contributed by atoms with Crippen LogP contribution in [-0.2, 0) is 4.79 Å². The normalized spacial score (nSPS) is 12.3. The number of hydrogen-bond donors (Lipinski definition) is 2. The highest BCUT2D eigenvalue weighted by molar-refractivity contribution is 6.32. The van der Waals surface area contributed by atoms with Crippen molar-refractivity contribution in [1.82, 2.24) is 5.32 Å². The molecule has 2 heterocycles. The molecule has 4 rings (SSSR count). The first-order valence-corrected chi connectivity index (χ1v) is 9.64. The molecule has 160 valence electrons. The number of ether oxygens (including phenoxy) is 3. The van der Waals surface area contributed by atoms with Gasteiger partial charge in [-0.25, -0.2) is 9.59 Å². The van der Waals surface area contributed by atoms with Crippen LogP contribution >= 0.6 is 11.6 Å². The summed E-state index contributed by atoms with van der Waals surface area (Å²) in [5.74, 6) is 0.536. The highest BCUT2D eigenvalue weighted by Crippen LogP contribution is 2.33. The lowest BCUT2D eigenvalue weighted by molar-refractivity contribution is -0.121. The molecule has 0 bridgehead atoms. The van der Waals surface area contributed by atoms with Gasteiger partial charge in [-0.3, -0.25) is 10.1 Å². The van der Waals surface area contributed by atoms with Gasteiger partial charge >= 0.3 is 11.7 Å². The Labute approximate surface area is 180 Å². The van der Waals surface area contributed by atoms with Crippen LogP contribution in [0.1, 0.15) is 5.56 Å². The van der Waals surface area contributed by atoms with Crippen LogP contribution in [0.4, 0.5) is 10.5 Å². The van der Waals surface area contributed by atoms with Crippen LogP contribution in [0.25, 0.3) is 11.0 Å². The molecule has 31 heavy (non-hydrogen) atoms. The molecular formula is C21H17ClN2O7. The minimum absolute atomic E-state index is 0.144. The Morgan fingerprint density at radius 3 is 2.68 bits per heavy atom. The third-order valence-corrected chi connectivity index (χ3v) is 4.71. The highest BCUT2D eigenvalue weighted by atomic mass is 35.5. The van der Waals surface area contributed by atoms with Crippen molar-refractivity contribution in [2.45, 2.75) is 6.92 Å². The number of urea groups is 1. The number of nitrogens with one attached hydrogen (secondary N) is 2. The van der Waals surface area contributed by atoms with E-state index in [1.165, 1.54) is 12.1 Å². The van der Waals surface area contributed by atoms with Gasteiger partial charge in [0.15, 0.2) is 18.1 Å². The monoisotopic (exact) mass is 444 g/mol. The maximum atomic E-state index is 12.1. The summed E-state index contributed by atoms with van der Waals surface area (Å²) in [5.41, 5.74) is 0.902. The van der Waals surface area contributed by atoms with Gasteiger partial charge in [0.05, 0.1) is 5.02 Å². The van der Waals surface area contributed by atoms with Gasteiger partial charge in [-0.15, -0.1) is 0 Å². The molecule has 1 aromatic heterocycles. The Balaban J connectivity index is 1.36. The van der Waals surface area contributed by atoms with Gasteiger partial charge in [-0.05, 0) is 30.7 Å². The first kappa shape index (κ1) is 20.5. The van der Waals surface area contributed by atoms with E-state index >= 15 is 0 Å². The molecule has 0 aliphatic carbocycles. The number of benzene rings is 2. The maximum absolute atomic E-state index is 12.1. The molecule has 10 heteroatoms. The molecule has 0 unspecified atom stereocenters. The highest BCUT2D eigenvalue weighted by Gasteiger charge is 2.15. The number of imide groups is 1. The average molecular weight is 445 g/mol. The molecule has 0 saturated heterocycles. The predicted octanol–water partition coefficient (Wildman–Crippen LogP) is 3.25. The van der Waals surface area contributed by atoms with E-state index in [4.69, 9.17) is 30.2 Å². The molecule has 1 aliphatic rings. The number of hydrogen-bond acceptors (Lipinski definition) is 7. The smallest absolute Gasteiger partial charge is 0.336 e. The van der Waals surface area contributed by atoms with Crippen molar-refractivity contribution < 1.29 is 28.2 Å². The second-order valence-electron chi connectivity index (χ2n) is 6.68. The summed E-state index contributed by atoms with van der Waals surface area (Å²) in [6.07, 6.45) is 0. The van der Waals surface area contributed by atoms with E-state index in [1.54, 1.807) is 31.2 Å². The van der Waals surface area contributed by atoms with E-state index in [9.17, 15) is 14.4 Å². The van der Waals surface area contributed by atoms with Crippen LogP contribution < -0.4 is 30.5 Å². The zero-order chi connectivity index (χ0) is 22.0. The third-order valence-electron chi connectivity index (χ3n) is 4.42. The second kappa shape index (κ2) is 8.57. The number of anilines is 1. The number of amides is 3. The van der Waals surface area contributed by atoms with E-state index in [-0.39, 0.29) is 16.4 Å². The summed E-state index contributed by atoms with van der Waals surface area (Å²) in [4.78, 5) is 35.7. The van der Waals surface area contributed by atoms with Crippen molar-refractivity contribution in [3.63, 3.8) is 0 Å². The summed E-state index contributed by atoms with van der Waals surface area (Å²) in [7, 11) is 0. The van der Waals surface area contributed by atoms with E-state index in [0.717, 1.165) is 0 Å². The Kier molecular flexibility index (Phi) is 5.68. The summed E-state index contributed by atoms with van der Waals surface area (Å²) < 4.78 is 21.4. The van der Waals surface area contributed by atoms with Crippen molar-refractivity contribution >= 4 is 40.2 Å². The van der Waals surface area contributed by atoms with Crippen LogP contribution in [0, 0.1) is 6.92 Å². The molecule has 3 amide bonds. The van der Waals surface area contributed by atoms with Gasteiger partial charge in [-0.1, -0.05) is 11.6 Å². The lowest BCUT2D eigenvalue weighted by atomic mass is 10.1. The van der Waals surface area contributed by atoms with Crippen molar-refractivity contribution in [1.29, 1.82) is 0 Å². The van der Waals surface area contributed by atoms with Crippen molar-refractivity contribution in [2.75, 3.05) is 25.1 Å². The third kappa shape index (κ3) is 4.72. The predicted molar refractivity (Wildman–Crippen MR) is 112 cm³/mol. The van der Waals surface area contributed by atoms with Crippen molar-refractivity contribution in [3.8, 4) is 17.2 Å². The largest absolute Gasteiger partial charge is 0.486 e. The quantitative estimate of drug-likeness (QED) is 0.593. The zero-order valence-corrected chi connectivity index (χ0v) is 17.1. The topological polar surface area (TPSA) is 116 Å². The Bertz CT molecular complexity index is 1240. The molecule has 0 saturated carbocycles. The molecule has 3 aromatic rings. The van der Waals surface area contributed by atoms with Gasteiger partial charge < -0.3 is 23.9 Å². The Morgan fingerprint density at radius 1 is 1.10 bits per heavy atom. The summed E-state index contributed by atoms with van der Waals surface area (Å²) in [6, 6.07) is 8.50. The fourth-order valence-electron chi connectivity index (χ4n) is 3.02. The first-order chi connectivity index (χ1) is 14.9. The van der Waals surface area contributed by atoms with Crippen LogP contribution in [0.3, 0.4) is 0 Å². The van der Waals surface area contributed by atoms with Crippen LogP contribution in [-0.4, -0.2) is 31.8 Å². The summed E-state index contributed by atoms with van der Waals surface area (Å²) >= 11 is 6.19. The van der Waals surface area contributed by atoms with E-state index in [0.29, 0.717) is 41.3 Å². The number of fused-ring (bicyclic) bond motifs is 2. The van der Waals surface area contributed by atoms with Crippen LogP contribution in [0.5, 0.6) is 17.2 Å². The first-order valence-electron chi connectivity index (χ1n) is 9.26. The average Bonchev–Trinajstić information content (AvgIpc) is 2.72. The van der Waals surface area contributed by atoms with Gasteiger partial charge in [0.1, 0.15) is 24.5 Å². The molecule has 0 spiro atoms. The fraction of sp³-hybridized carbons (Fsp3) is 0.190. The Hall–Kier alpha value is -3.72. The van der Waals surface area contributed by atoms with Crippen LogP contribution in [0.2, 0.25) is 5.02 Å². The molecular weight excluding hydrogens is 428 g/mol. The molecule has 0 atom stereocenters. The standard InChI is InChI=1S/C21H17ClN2O7/c1-11-6-20(26)31-16-9-17(14(22)8-13(11)16)30-10-19(25)24-21(27)23-12-2-3-15-18(7-12)29-5-4-28-15/h2-3,6-9H,4-5,10H2,1H3,(H2,23,24,25,27). The molecule has 0 radical (unpaired) electrons. The molecule has 2 N–H and O–H groups in total. The van der Waals surface area contributed by atoms with Gasteiger partial charge in [0.2, 0.25) is 0 Å². The molecule has 0 fully saturated rings. The lowest BCUT2D eigenvalue weighted by Gasteiger charge is -2.19. The van der Waals surface area contributed by atoms with Crippen molar-refractivity contribution in [3.05, 3.63) is 57.4 Å². The maximum Gasteiger partial charge on any atom is 0.336 e. The lowest BCUT2D eigenvalue weighted by Crippen LogP contribution is -2.37. The SMILES string of the molecule is Cc1cc(=O)oc2cc(OCC(=O)NC(=O)Nc3ccc4c(c3)OCCO4)c(Cl)cc12. The minimum atomic E-state index is -0.739. The van der Waals surface area contributed by atoms with E-state index < -0.39 is 24.2 Å². The number of aryl methyl sites for hydroxylation is 1. The summed E-state index contributed by atoms with van der Waals surface area (Å²) in [5, 5.41) is 5.57. The van der Waals surface area contributed by atoms with Crippen LogP contribution in [0.15, 0.2) is 45.6 Å². The Morgan fingerprint density at radius 2 is 1.87 bits per heavy atom. The number of carbonyl (C=O) groups excluding carboxylic acids is 2. The molecule has 9 nitrogen and oxygen atoms in total. The van der Waals surface area contributed by atoms with E-state index in [1.807, 2.05) is 0 Å². The number of carbonyl (C=O) groups is 2. The second-order valence-corrected chi connectivity index (χ2v) is 7.08. The van der Waals surface area contributed by atoms with Gasteiger partial charge in [0.25, 0.3) is 5.91 Å². The van der Waals surface area contributed by atoms with E-state index in [2.05, 4.69) is 10.6 Å².